The fourth-order valence-corrected chi connectivity index (χ4v) is 2.65. The predicted octanol–water partition coefficient (Wildman–Crippen LogP) is 1.86. The number of esters is 1. The number of ether oxygens (including phenoxy) is 3. The first kappa shape index (κ1) is 12.8. The van der Waals surface area contributed by atoms with Crippen molar-refractivity contribution in [1.82, 2.24) is 0 Å². The second-order valence-electron chi connectivity index (χ2n) is 5.17. The van der Waals surface area contributed by atoms with Crippen molar-refractivity contribution in [3.8, 4) is 11.5 Å². The van der Waals surface area contributed by atoms with Crippen molar-refractivity contribution in [2.24, 2.45) is 10.9 Å². The maximum Gasteiger partial charge on any atom is 0.328 e. The van der Waals surface area contributed by atoms with E-state index < -0.39 is 17.8 Å². The van der Waals surface area contributed by atoms with Gasteiger partial charge in [-0.2, -0.15) is 0 Å². The second kappa shape index (κ2) is 4.56. The van der Waals surface area contributed by atoms with Crippen molar-refractivity contribution in [3.05, 3.63) is 41.2 Å². The lowest BCUT2D eigenvalue weighted by molar-refractivity contribution is -0.142. The van der Waals surface area contributed by atoms with Crippen molar-refractivity contribution in [2.45, 2.75) is 6.92 Å². The van der Waals surface area contributed by atoms with Gasteiger partial charge in [0.2, 0.25) is 6.79 Å². The Labute approximate surface area is 125 Å². The van der Waals surface area contributed by atoms with Crippen LogP contribution in [0.2, 0.25) is 0 Å². The number of aliphatic imine (C=N–C) groups is 1. The van der Waals surface area contributed by atoms with Crippen molar-refractivity contribution < 1.29 is 23.8 Å². The van der Waals surface area contributed by atoms with Gasteiger partial charge in [-0.05, 0) is 36.8 Å². The third kappa shape index (κ3) is 1.92. The molecule has 1 saturated heterocycles. The van der Waals surface area contributed by atoms with Gasteiger partial charge in [-0.25, -0.2) is 4.99 Å². The Morgan fingerprint density at radius 3 is 2.91 bits per heavy atom. The molecule has 0 aromatic heterocycles. The molecule has 4 rings (SSSR count). The molecule has 1 aromatic rings. The van der Waals surface area contributed by atoms with Crippen LogP contribution in [0.4, 0.5) is 0 Å². The van der Waals surface area contributed by atoms with Crippen LogP contribution in [0.15, 0.2) is 40.6 Å². The summed E-state index contributed by atoms with van der Waals surface area (Å²) in [5.74, 6) is -0.311. The number of cyclic esters (lactones) is 1. The van der Waals surface area contributed by atoms with E-state index in [4.69, 9.17) is 14.2 Å². The molecular formula is C16H11NO5. The van der Waals surface area contributed by atoms with Crippen molar-refractivity contribution in [1.29, 1.82) is 0 Å². The number of amides is 1. The molecule has 3 aliphatic heterocycles. The Kier molecular flexibility index (Phi) is 2.66. The highest BCUT2D eigenvalue weighted by atomic mass is 16.7. The highest BCUT2D eigenvalue weighted by Gasteiger charge is 2.43. The number of nitrogens with zero attached hydrogens (tertiary/aromatic N) is 1. The molecule has 0 spiro atoms. The summed E-state index contributed by atoms with van der Waals surface area (Å²) >= 11 is 0. The van der Waals surface area contributed by atoms with Crippen molar-refractivity contribution in [3.63, 3.8) is 0 Å². The van der Waals surface area contributed by atoms with Crippen molar-refractivity contribution >= 4 is 23.7 Å². The minimum Gasteiger partial charge on any atom is -0.454 e. The first-order valence-electron chi connectivity index (χ1n) is 6.76. The first-order chi connectivity index (χ1) is 10.6. The summed E-state index contributed by atoms with van der Waals surface area (Å²) in [4.78, 5) is 27.5. The minimum absolute atomic E-state index is 0.196. The zero-order valence-corrected chi connectivity index (χ0v) is 11.7. The fourth-order valence-electron chi connectivity index (χ4n) is 2.65. The lowest BCUT2D eigenvalue weighted by atomic mass is 9.95. The van der Waals surface area contributed by atoms with Crippen LogP contribution in [-0.4, -0.2) is 24.4 Å². The van der Waals surface area contributed by atoms with Crippen LogP contribution in [-0.2, 0) is 14.3 Å². The SMILES string of the molecule is CC1=NC(=O)[C@@H]2C(=O)O/C(=C/c3ccc4c(c3)OCO4)C2=C1. The number of hydrogen-bond acceptors (Lipinski definition) is 5. The van der Waals surface area contributed by atoms with E-state index in [0.29, 0.717) is 28.5 Å². The number of fused-ring (bicyclic) bond motifs is 2. The van der Waals surface area contributed by atoms with Gasteiger partial charge in [-0.3, -0.25) is 9.59 Å². The molecule has 0 N–H and O–H groups in total. The molecule has 1 fully saturated rings. The number of rotatable bonds is 1. The third-order valence-corrected chi connectivity index (χ3v) is 3.63. The summed E-state index contributed by atoms with van der Waals surface area (Å²) < 4.78 is 15.8. The molecule has 22 heavy (non-hydrogen) atoms. The van der Waals surface area contributed by atoms with E-state index in [1.165, 1.54) is 0 Å². The topological polar surface area (TPSA) is 74.2 Å². The van der Waals surface area contributed by atoms with Gasteiger partial charge in [0.1, 0.15) is 5.76 Å². The Bertz CT molecular complexity index is 803. The first-order valence-corrected chi connectivity index (χ1v) is 6.76. The molecule has 6 heteroatoms. The van der Waals surface area contributed by atoms with Gasteiger partial charge < -0.3 is 14.2 Å². The summed E-state index contributed by atoms with van der Waals surface area (Å²) in [7, 11) is 0. The molecule has 0 bridgehead atoms. The van der Waals surface area contributed by atoms with E-state index in [9.17, 15) is 9.59 Å². The largest absolute Gasteiger partial charge is 0.454 e. The molecule has 0 aliphatic carbocycles. The van der Waals surface area contributed by atoms with E-state index >= 15 is 0 Å². The van der Waals surface area contributed by atoms with Gasteiger partial charge in [-0.1, -0.05) is 6.07 Å². The van der Waals surface area contributed by atoms with Gasteiger partial charge >= 0.3 is 5.97 Å². The van der Waals surface area contributed by atoms with Crippen LogP contribution < -0.4 is 9.47 Å². The summed E-state index contributed by atoms with van der Waals surface area (Å²) in [5.41, 5.74) is 1.91. The summed E-state index contributed by atoms with van der Waals surface area (Å²) in [6.45, 7) is 1.91. The Balaban J connectivity index is 1.75. The normalized spacial score (nSPS) is 24.0. The Morgan fingerprint density at radius 2 is 2.05 bits per heavy atom. The fraction of sp³-hybridized carbons (Fsp3) is 0.188. The number of carbonyl (C=O) groups excluding carboxylic acids is 2. The van der Waals surface area contributed by atoms with E-state index in [2.05, 4.69) is 4.99 Å². The molecule has 3 aliphatic rings. The monoisotopic (exact) mass is 297 g/mol. The van der Waals surface area contributed by atoms with Gasteiger partial charge in [-0.15, -0.1) is 0 Å². The number of dihydropyridines is 1. The highest BCUT2D eigenvalue weighted by Crippen LogP contribution is 2.37. The minimum atomic E-state index is -0.941. The molecule has 1 atom stereocenters. The summed E-state index contributed by atoms with van der Waals surface area (Å²) in [6, 6.07) is 5.41. The molecule has 6 nitrogen and oxygen atoms in total. The van der Waals surface area contributed by atoms with Crippen LogP contribution >= 0.6 is 0 Å². The van der Waals surface area contributed by atoms with Crippen LogP contribution in [0.3, 0.4) is 0 Å². The predicted molar refractivity (Wildman–Crippen MR) is 76.3 cm³/mol. The molecule has 0 unspecified atom stereocenters. The molecule has 1 amide bonds. The van der Waals surface area contributed by atoms with Gasteiger partial charge in [0.05, 0.1) is 0 Å². The average molecular weight is 297 g/mol. The van der Waals surface area contributed by atoms with Gasteiger partial charge in [0, 0.05) is 11.3 Å². The zero-order chi connectivity index (χ0) is 15.3. The average Bonchev–Trinajstić information content (AvgIpc) is 3.03. The van der Waals surface area contributed by atoms with Crippen LogP contribution in [0, 0.1) is 5.92 Å². The molecule has 1 aromatic carbocycles. The standard InChI is InChI=1S/C16H11NO5/c1-8-4-10-12(22-16(19)14(10)15(18)17-8)5-9-2-3-11-13(6-9)21-7-20-11/h2-6,14H,7H2,1H3/b12-5+/t14-/m1/s1. The smallest absolute Gasteiger partial charge is 0.328 e. The van der Waals surface area contributed by atoms with Gasteiger partial charge in [0.25, 0.3) is 5.91 Å². The highest BCUT2D eigenvalue weighted by molar-refractivity contribution is 6.15. The van der Waals surface area contributed by atoms with Crippen LogP contribution in [0.1, 0.15) is 12.5 Å². The molecule has 0 saturated carbocycles. The number of carbonyl (C=O) groups is 2. The lowest BCUT2D eigenvalue weighted by Gasteiger charge is -2.09. The molecule has 110 valence electrons. The van der Waals surface area contributed by atoms with E-state index in [-0.39, 0.29) is 6.79 Å². The van der Waals surface area contributed by atoms with Crippen LogP contribution in [0.5, 0.6) is 11.5 Å². The Hall–Kier alpha value is -2.89. The van der Waals surface area contributed by atoms with Gasteiger partial charge in [0.15, 0.2) is 17.4 Å². The van der Waals surface area contributed by atoms with E-state index in [1.807, 2.05) is 6.07 Å². The third-order valence-electron chi connectivity index (χ3n) is 3.63. The lowest BCUT2D eigenvalue weighted by Crippen LogP contribution is -2.23. The quantitative estimate of drug-likeness (QED) is 0.584. The number of benzene rings is 1. The van der Waals surface area contributed by atoms with Crippen LogP contribution in [0.25, 0.3) is 6.08 Å². The molecule has 3 heterocycles. The molecular weight excluding hydrogens is 286 g/mol. The maximum absolute atomic E-state index is 11.9. The maximum atomic E-state index is 11.9. The van der Waals surface area contributed by atoms with E-state index in [1.54, 1.807) is 31.2 Å². The number of allylic oxidation sites excluding steroid dienone is 2. The Morgan fingerprint density at radius 1 is 1.23 bits per heavy atom. The summed E-state index contributed by atoms with van der Waals surface area (Å²) in [6.07, 6.45) is 3.41. The second-order valence-corrected chi connectivity index (χ2v) is 5.17. The summed E-state index contributed by atoms with van der Waals surface area (Å²) in [5, 5.41) is 0. The molecule has 0 radical (unpaired) electrons. The van der Waals surface area contributed by atoms with E-state index in [0.717, 1.165) is 5.56 Å². The number of hydrogen-bond donors (Lipinski definition) is 0. The van der Waals surface area contributed by atoms with Crippen molar-refractivity contribution in [2.75, 3.05) is 6.79 Å². The zero-order valence-electron chi connectivity index (χ0n) is 11.7.